The van der Waals surface area contributed by atoms with Crippen LogP contribution in [0.15, 0.2) is 41.8 Å². The van der Waals surface area contributed by atoms with E-state index >= 15 is 0 Å². The lowest BCUT2D eigenvalue weighted by atomic mass is 10.1. The van der Waals surface area contributed by atoms with Gasteiger partial charge < -0.3 is 15.4 Å². The van der Waals surface area contributed by atoms with Gasteiger partial charge in [0.2, 0.25) is 0 Å². The van der Waals surface area contributed by atoms with Crippen LogP contribution in [0.5, 0.6) is 5.75 Å². The number of nitrogens with one attached hydrogen (secondary N) is 2. The molecule has 134 valence electrons. The summed E-state index contributed by atoms with van der Waals surface area (Å²) in [7, 11) is 1.63. The van der Waals surface area contributed by atoms with E-state index in [9.17, 15) is 4.79 Å². The molecule has 1 amide bonds. The van der Waals surface area contributed by atoms with E-state index in [2.05, 4.69) is 15.6 Å². The van der Waals surface area contributed by atoms with Crippen LogP contribution in [-0.2, 0) is 0 Å². The fourth-order valence-corrected chi connectivity index (χ4v) is 3.19. The van der Waals surface area contributed by atoms with Gasteiger partial charge in [0.05, 0.1) is 12.8 Å². The second-order valence-corrected chi connectivity index (χ2v) is 6.98. The largest absolute Gasteiger partial charge is 0.495 e. The monoisotopic (exact) mass is 367 g/mol. The van der Waals surface area contributed by atoms with E-state index in [1.807, 2.05) is 57.2 Å². The predicted molar refractivity (Wildman–Crippen MR) is 107 cm³/mol. The predicted octanol–water partition coefficient (Wildman–Crippen LogP) is 5.07. The van der Waals surface area contributed by atoms with Gasteiger partial charge in [0.25, 0.3) is 5.91 Å². The molecule has 3 aromatic rings. The maximum atomic E-state index is 12.4. The lowest BCUT2D eigenvalue weighted by Gasteiger charge is -2.09. The van der Waals surface area contributed by atoms with Gasteiger partial charge in [0.1, 0.15) is 11.4 Å². The number of rotatable bonds is 5. The number of methoxy groups -OCH3 is 1. The maximum absolute atomic E-state index is 12.4. The summed E-state index contributed by atoms with van der Waals surface area (Å²) in [5.41, 5.74) is 5.40. The first kappa shape index (κ1) is 17.9. The number of aryl methyl sites for hydroxylation is 3. The molecule has 0 atom stereocenters. The first-order chi connectivity index (χ1) is 12.5. The first-order valence-corrected chi connectivity index (χ1v) is 9.10. The topological polar surface area (TPSA) is 63.2 Å². The maximum Gasteiger partial charge on any atom is 0.275 e. The average Bonchev–Trinajstić information content (AvgIpc) is 3.07. The summed E-state index contributed by atoms with van der Waals surface area (Å²) in [6, 6.07) is 11.7. The highest BCUT2D eigenvalue weighted by atomic mass is 32.1. The zero-order valence-electron chi connectivity index (χ0n) is 15.2. The van der Waals surface area contributed by atoms with Gasteiger partial charge in [-0.2, -0.15) is 0 Å². The number of ether oxygens (including phenoxy) is 1. The number of carbonyl (C=O) groups is 1. The summed E-state index contributed by atoms with van der Waals surface area (Å²) < 4.78 is 5.36. The fourth-order valence-electron chi connectivity index (χ4n) is 2.48. The molecule has 0 radical (unpaired) electrons. The molecule has 6 heteroatoms. The molecule has 0 aliphatic carbocycles. The first-order valence-electron chi connectivity index (χ1n) is 8.22. The molecule has 1 heterocycles. The third kappa shape index (κ3) is 4.03. The Bertz CT molecular complexity index is 950. The van der Waals surface area contributed by atoms with Crippen molar-refractivity contribution in [2.75, 3.05) is 17.7 Å². The van der Waals surface area contributed by atoms with Crippen LogP contribution in [0.4, 0.5) is 16.5 Å². The van der Waals surface area contributed by atoms with Crippen LogP contribution in [0, 0.1) is 20.8 Å². The molecule has 2 N–H and O–H groups in total. The molecule has 3 rings (SSSR count). The van der Waals surface area contributed by atoms with Crippen LogP contribution in [0.1, 0.15) is 27.2 Å². The molecule has 5 nitrogen and oxygen atoms in total. The Morgan fingerprint density at radius 3 is 2.62 bits per heavy atom. The third-order valence-corrected chi connectivity index (χ3v) is 4.86. The number of thiazole rings is 1. The average molecular weight is 367 g/mol. The lowest BCUT2D eigenvalue weighted by molar-refractivity contribution is 0.102. The van der Waals surface area contributed by atoms with Crippen molar-refractivity contribution in [3.8, 4) is 5.75 Å². The summed E-state index contributed by atoms with van der Waals surface area (Å²) >= 11 is 1.38. The molecule has 0 fully saturated rings. The molecular formula is C20H21N3O2S. The van der Waals surface area contributed by atoms with E-state index in [0.29, 0.717) is 10.8 Å². The smallest absolute Gasteiger partial charge is 0.275 e. The number of anilines is 3. The van der Waals surface area contributed by atoms with E-state index in [1.165, 1.54) is 16.9 Å². The van der Waals surface area contributed by atoms with Crippen molar-refractivity contribution in [3.63, 3.8) is 0 Å². The third-order valence-electron chi connectivity index (χ3n) is 4.10. The minimum Gasteiger partial charge on any atom is -0.495 e. The number of nitrogens with zero attached hydrogens (tertiary/aromatic N) is 1. The number of carbonyl (C=O) groups excluding carboxylic acids is 1. The van der Waals surface area contributed by atoms with E-state index in [-0.39, 0.29) is 5.91 Å². The molecule has 0 spiro atoms. The van der Waals surface area contributed by atoms with E-state index in [1.54, 1.807) is 12.5 Å². The number of benzene rings is 2. The Morgan fingerprint density at radius 2 is 1.88 bits per heavy atom. The molecule has 2 aromatic carbocycles. The van der Waals surface area contributed by atoms with Gasteiger partial charge in [-0.1, -0.05) is 12.1 Å². The highest BCUT2D eigenvalue weighted by Crippen LogP contribution is 2.30. The van der Waals surface area contributed by atoms with Gasteiger partial charge in [-0.05, 0) is 61.7 Å². The minimum absolute atomic E-state index is 0.228. The zero-order chi connectivity index (χ0) is 18.7. The molecule has 0 saturated carbocycles. The standard InChI is InChI=1S/C20H21N3O2S/c1-12-5-8-18(25-4)16(9-12)22-20-23-17(11-26-20)19(24)21-15-7-6-13(2)14(3)10-15/h5-11H,1-4H3,(H,21,24)(H,22,23). The van der Waals surface area contributed by atoms with Gasteiger partial charge in [0, 0.05) is 11.1 Å². The normalized spacial score (nSPS) is 10.5. The van der Waals surface area contributed by atoms with Crippen molar-refractivity contribution < 1.29 is 9.53 Å². The molecule has 0 aliphatic heterocycles. The SMILES string of the molecule is COc1ccc(C)cc1Nc1nc(C(=O)Nc2ccc(C)c(C)c2)cs1. The van der Waals surface area contributed by atoms with Crippen LogP contribution in [0.2, 0.25) is 0 Å². The molecule has 26 heavy (non-hydrogen) atoms. The van der Waals surface area contributed by atoms with Crippen LogP contribution in [0.25, 0.3) is 0 Å². The van der Waals surface area contributed by atoms with Gasteiger partial charge in [0.15, 0.2) is 5.13 Å². The van der Waals surface area contributed by atoms with Crippen molar-refractivity contribution in [2.45, 2.75) is 20.8 Å². The Morgan fingerprint density at radius 1 is 1.08 bits per heavy atom. The Balaban J connectivity index is 1.74. The molecule has 0 aliphatic rings. The molecule has 0 saturated heterocycles. The van der Waals surface area contributed by atoms with Crippen LogP contribution < -0.4 is 15.4 Å². The second-order valence-electron chi connectivity index (χ2n) is 6.12. The van der Waals surface area contributed by atoms with Gasteiger partial charge in [-0.25, -0.2) is 4.98 Å². The molecule has 0 bridgehead atoms. The summed E-state index contributed by atoms with van der Waals surface area (Å²) in [6.45, 7) is 6.07. The van der Waals surface area contributed by atoms with Gasteiger partial charge in [-0.3, -0.25) is 4.79 Å². The molecular weight excluding hydrogens is 346 g/mol. The highest BCUT2D eigenvalue weighted by Gasteiger charge is 2.13. The van der Waals surface area contributed by atoms with Gasteiger partial charge in [-0.15, -0.1) is 11.3 Å². The van der Waals surface area contributed by atoms with Crippen molar-refractivity contribution in [2.24, 2.45) is 0 Å². The van der Waals surface area contributed by atoms with E-state index in [4.69, 9.17) is 4.74 Å². The quantitative estimate of drug-likeness (QED) is 0.661. The Hall–Kier alpha value is -2.86. The van der Waals surface area contributed by atoms with Crippen molar-refractivity contribution >= 4 is 33.8 Å². The number of amides is 1. The minimum atomic E-state index is -0.228. The number of hydrogen-bond donors (Lipinski definition) is 2. The van der Waals surface area contributed by atoms with Crippen LogP contribution in [0.3, 0.4) is 0 Å². The lowest BCUT2D eigenvalue weighted by Crippen LogP contribution is -2.12. The van der Waals surface area contributed by atoms with Crippen LogP contribution >= 0.6 is 11.3 Å². The summed E-state index contributed by atoms with van der Waals surface area (Å²) in [4.78, 5) is 16.8. The van der Waals surface area contributed by atoms with Crippen molar-refractivity contribution in [1.29, 1.82) is 0 Å². The van der Waals surface area contributed by atoms with Crippen molar-refractivity contribution in [3.05, 3.63) is 64.2 Å². The molecule has 0 unspecified atom stereocenters. The van der Waals surface area contributed by atoms with E-state index in [0.717, 1.165) is 28.3 Å². The summed E-state index contributed by atoms with van der Waals surface area (Å²) in [5, 5.41) is 8.49. The fraction of sp³-hybridized carbons (Fsp3) is 0.200. The van der Waals surface area contributed by atoms with E-state index < -0.39 is 0 Å². The van der Waals surface area contributed by atoms with Crippen LogP contribution in [-0.4, -0.2) is 18.0 Å². The van der Waals surface area contributed by atoms with Gasteiger partial charge >= 0.3 is 0 Å². The summed E-state index contributed by atoms with van der Waals surface area (Å²) in [6.07, 6.45) is 0. The zero-order valence-corrected chi connectivity index (χ0v) is 16.0. The Kier molecular flexibility index (Phi) is 5.23. The Labute approximate surface area is 157 Å². The number of aromatic nitrogens is 1. The second kappa shape index (κ2) is 7.58. The van der Waals surface area contributed by atoms with Crippen molar-refractivity contribution in [1.82, 2.24) is 4.98 Å². The number of hydrogen-bond acceptors (Lipinski definition) is 5. The highest BCUT2D eigenvalue weighted by molar-refractivity contribution is 7.14. The summed E-state index contributed by atoms with van der Waals surface area (Å²) in [5.74, 6) is 0.501. The molecule has 1 aromatic heterocycles.